The molecule has 0 aliphatic carbocycles. The molecule has 0 bridgehead atoms. The molecule has 12 aromatic rings. The number of halogens is 3. The van der Waals surface area contributed by atoms with E-state index in [1.165, 1.54) is 24.3 Å². The molecule has 6 aromatic heterocycles. The second-order valence-corrected chi connectivity index (χ2v) is 30.9. The van der Waals surface area contributed by atoms with Gasteiger partial charge in [0.15, 0.2) is 0 Å². The fourth-order valence-corrected chi connectivity index (χ4v) is 14.2. The number of benzene rings is 6. The van der Waals surface area contributed by atoms with Crippen LogP contribution in [0.1, 0.15) is 95.6 Å². The van der Waals surface area contributed by atoms with Crippen molar-refractivity contribution in [1.29, 1.82) is 0 Å². The van der Waals surface area contributed by atoms with Crippen LogP contribution in [0.4, 0.5) is 26.2 Å². The number of rotatable bonds is 15. The Morgan fingerprint density at radius 1 is 0.567 bits per heavy atom. The minimum Gasteiger partial charge on any atom is -0.491 e. The minimum absolute atomic E-state index is 0.0456. The van der Waals surface area contributed by atoms with E-state index in [0.717, 1.165) is 68.0 Å². The Bertz CT molecular complexity index is 5290. The molecule has 7 heterocycles. The van der Waals surface area contributed by atoms with E-state index in [1.807, 2.05) is 103 Å². The van der Waals surface area contributed by atoms with Crippen LogP contribution in [0.15, 0.2) is 197 Å². The van der Waals surface area contributed by atoms with Gasteiger partial charge in [-0.15, -0.1) is 0 Å². The van der Waals surface area contributed by atoms with Crippen LogP contribution in [0, 0.1) is 20.8 Å². The summed E-state index contributed by atoms with van der Waals surface area (Å²) in [6.45, 7) is 20.3. The summed E-state index contributed by atoms with van der Waals surface area (Å²) < 4.78 is 131. The first-order chi connectivity index (χ1) is 45.7. The number of hydrogen-bond donors (Lipinski definition) is 3. The number of nitrogens with one attached hydrogen (secondary N) is 3. The maximum absolute atomic E-state index is 14.1. The number of pyridine rings is 3. The SMILES string of the molecule is CC(C)Oc1ccc(S(=O)(=O)Nc2cc(C(C)(F)F)nn2-c2cccc3ncccc23)cc1.Cc1cc(NS(=O)(=O)c2ccc3c(c2)CCC(C)(C)O3)n(-c2cccc3ncccc23)n1.Cc1cnc2c(Cl)ccc(-n3nc(C)cc3NS(=O)(=O)c3ccc(C(C)(C)C)cc3)c2c1. The Morgan fingerprint density at radius 2 is 1.06 bits per heavy atom. The van der Waals surface area contributed by atoms with E-state index in [9.17, 15) is 34.0 Å². The first kappa shape index (κ1) is 68.6. The first-order valence-corrected chi connectivity index (χ1v) is 35.7. The zero-order valence-corrected chi connectivity index (χ0v) is 58.2. The maximum atomic E-state index is 14.1. The Morgan fingerprint density at radius 3 is 1.59 bits per heavy atom. The molecule has 3 N–H and O–H groups in total. The van der Waals surface area contributed by atoms with Gasteiger partial charge in [0.05, 0.1) is 70.8 Å². The fraction of sp³-hybridized carbons (Fsp3) is 0.239. The molecule has 97 heavy (non-hydrogen) atoms. The Hall–Kier alpha value is -9.82. The molecule has 0 amide bonds. The highest BCUT2D eigenvalue weighted by Crippen LogP contribution is 2.38. The summed E-state index contributed by atoms with van der Waals surface area (Å²) in [5.41, 5.74) is 7.34. The van der Waals surface area contributed by atoms with Crippen LogP contribution in [0.25, 0.3) is 49.8 Å². The van der Waals surface area contributed by atoms with Crippen molar-refractivity contribution >= 4 is 91.8 Å². The van der Waals surface area contributed by atoms with E-state index in [4.69, 9.17) is 21.1 Å². The molecule has 13 rings (SSSR count). The van der Waals surface area contributed by atoms with Crippen LogP contribution in [0.5, 0.6) is 11.5 Å². The zero-order chi connectivity index (χ0) is 69.6. The number of aryl methyl sites for hydroxylation is 4. The van der Waals surface area contributed by atoms with Gasteiger partial charge in [0.25, 0.3) is 36.0 Å². The fourth-order valence-electron chi connectivity index (χ4n) is 10.9. The zero-order valence-electron chi connectivity index (χ0n) is 55.0. The summed E-state index contributed by atoms with van der Waals surface area (Å²) in [4.78, 5) is 13.4. The highest BCUT2D eigenvalue weighted by Gasteiger charge is 2.32. The molecular formula is C71H71ClF2N12O8S3. The van der Waals surface area contributed by atoms with E-state index in [2.05, 4.69) is 65.2 Å². The van der Waals surface area contributed by atoms with Crippen molar-refractivity contribution in [3.05, 3.63) is 221 Å². The Balaban J connectivity index is 0.000000148. The summed E-state index contributed by atoms with van der Waals surface area (Å²) in [5, 5.41) is 15.9. The van der Waals surface area contributed by atoms with Crippen LogP contribution >= 0.6 is 11.6 Å². The first-order valence-electron chi connectivity index (χ1n) is 30.8. The normalized spacial score (nSPS) is 13.3. The number of nitrogens with zero attached hydrogens (tertiary/aromatic N) is 9. The molecule has 20 nitrogen and oxygen atoms in total. The molecule has 1 aliphatic heterocycles. The molecule has 1 aliphatic rings. The second kappa shape index (κ2) is 26.6. The Kier molecular flexibility index (Phi) is 18.8. The van der Waals surface area contributed by atoms with Crippen molar-refractivity contribution in [3.8, 4) is 28.6 Å². The lowest BCUT2D eigenvalue weighted by molar-refractivity contribution is 0.0124. The lowest BCUT2D eigenvalue weighted by Crippen LogP contribution is -2.32. The third-order valence-corrected chi connectivity index (χ3v) is 20.0. The number of ether oxygens (including phenoxy) is 2. The summed E-state index contributed by atoms with van der Waals surface area (Å²) in [5.74, 6) is -1.43. The predicted octanol–water partition coefficient (Wildman–Crippen LogP) is 15.5. The van der Waals surface area contributed by atoms with Gasteiger partial charge >= 0.3 is 0 Å². The average molecular weight is 1390 g/mol. The Labute approximate surface area is 566 Å². The second-order valence-electron chi connectivity index (χ2n) is 25.4. The van der Waals surface area contributed by atoms with Crippen molar-refractivity contribution in [2.24, 2.45) is 0 Å². The van der Waals surface area contributed by atoms with Crippen LogP contribution in [0.2, 0.25) is 5.02 Å². The highest BCUT2D eigenvalue weighted by molar-refractivity contribution is 7.93. The van der Waals surface area contributed by atoms with E-state index < -0.39 is 41.7 Å². The standard InChI is InChI=1S/C24H25ClN4O2S.C24H24N4O3S.C23H22F2N4O3S/c1-15-12-19-21(11-10-20(25)23(19)26-14-15)29-22(13-16(2)27-29)28-32(30,31)18-8-6-17(7-9-18)24(3,4)5;1-16-14-23(28(26-16)21-8-4-7-20-19(21)6-5-13-25-20)27-32(29,30)18-9-10-22-17(15-18)11-12-24(2,3)31-22;1-15(2)32-16-9-11-17(12-10-16)33(30,31)28-22-14-21(23(3,24)25)27-29(22)20-8-4-7-19-18(20)6-5-13-26-19/h6-14,28H,1-5H3;4-10,13-15,27H,11-12H2,1-3H3;4-15,28H,1-3H3. The van der Waals surface area contributed by atoms with Crippen molar-refractivity contribution in [2.45, 2.75) is 127 Å². The molecule has 0 radical (unpaired) electrons. The summed E-state index contributed by atoms with van der Waals surface area (Å²) >= 11 is 6.34. The van der Waals surface area contributed by atoms with Gasteiger partial charge in [-0.3, -0.25) is 29.1 Å². The van der Waals surface area contributed by atoms with Crippen LogP contribution in [-0.2, 0) is 47.8 Å². The molecule has 26 heteroatoms. The van der Waals surface area contributed by atoms with Gasteiger partial charge in [-0.25, -0.2) is 39.3 Å². The predicted molar refractivity (Wildman–Crippen MR) is 375 cm³/mol. The summed E-state index contributed by atoms with van der Waals surface area (Å²) in [7, 11) is -11.7. The molecule has 0 unspecified atom stereocenters. The highest BCUT2D eigenvalue weighted by atomic mass is 35.5. The van der Waals surface area contributed by atoms with Crippen molar-refractivity contribution < 1.29 is 43.5 Å². The molecule has 0 saturated heterocycles. The summed E-state index contributed by atoms with van der Waals surface area (Å²) in [6, 6.07) is 45.8. The maximum Gasteiger partial charge on any atom is 0.288 e. The number of fused-ring (bicyclic) bond motifs is 4. The van der Waals surface area contributed by atoms with Gasteiger partial charge in [0.1, 0.15) is 40.2 Å². The van der Waals surface area contributed by atoms with Gasteiger partial charge in [-0.2, -0.15) is 24.1 Å². The lowest BCUT2D eigenvalue weighted by Gasteiger charge is -2.32. The molecule has 0 fully saturated rings. The van der Waals surface area contributed by atoms with E-state index >= 15 is 0 Å². The molecule has 0 atom stereocenters. The van der Waals surface area contributed by atoms with Crippen LogP contribution in [-0.4, -0.2) is 81.3 Å². The molecule has 0 saturated carbocycles. The topological polar surface area (TPSA) is 249 Å². The van der Waals surface area contributed by atoms with Gasteiger partial charge in [-0.05, 0) is 205 Å². The number of sulfonamides is 3. The van der Waals surface area contributed by atoms with Crippen molar-refractivity contribution in [3.63, 3.8) is 0 Å². The molecule has 0 spiro atoms. The lowest BCUT2D eigenvalue weighted by atomic mass is 9.87. The third-order valence-electron chi connectivity index (χ3n) is 15.6. The van der Waals surface area contributed by atoms with Gasteiger partial charge in [0.2, 0.25) is 0 Å². The number of aromatic nitrogens is 9. The van der Waals surface area contributed by atoms with E-state index in [-0.39, 0.29) is 37.6 Å². The van der Waals surface area contributed by atoms with Crippen LogP contribution < -0.4 is 23.6 Å². The third kappa shape index (κ3) is 15.4. The minimum atomic E-state index is -4.10. The van der Waals surface area contributed by atoms with Gasteiger partial charge < -0.3 is 9.47 Å². The monoisotopic (exact) mass is 1390 g/mol. The van der Waals surface area contributed by atoms with Crippen molar-refractivity contribution in [1.82, 2.24) is 44.3 Å². The summed E-state index contributed by atoms with van der Waals surface area (Å²) in [6.07, 6.45) is 6.62. The van der Waals surface area contributed by atoms with Crippen LogP contribution in [0.3, 0.4) is 0 Å². The average Bonchev–Trinajstić information content (AvgIpc) is 1.75. The quantitative estimate of drug-likeness (QED) is 0.0864. The number of anilines is 3. The number of alkyl halides is 2. The molecule has 6 aromatic carbocycles. The van der Waals surface area contributed by atoms with E-state index in [0.29, 0.717) is 68.5 Å². The van der Waals surface area contributed by atoms with Gasteiger partial charge in [0, 0.05) is 59.9 Å². The van der Waals surface area contributed by atoms with E-state index in [1.54, 1.807) is 107 Å². The largest absolute Gasteiger partial charge is 0.491 e. The van der Waals surface area contributed by atoms with Gasteiger partial charge in [-0.1, -0.05) is 56.6 Å². The number of hydrogen-bond acceptors (Lipinski definition) is 14. The molecule has 502 valence electrons. The van der Waals surface area contributed by atoms with Crippen molar-refractivity contribution in [2.75, 3.05) is 14.2 Å². The smallest absolute Gasteiger partial charge is 0.288 e. The molecular weight excluding hydrogens is 1320 g/mol.